The smallest absolute Gasteiger partial charge is 0.208 e. The molecule has 0 bridgehead atoms. The third-order valence-electron chi connectivity index (χ3n) is 4.05. The Morgan fingerprint density at radius 1 is 1.14 bits per heavy atom. The van der Waals surface area contributed by atoms with Crippen LogP contribution < -0.4 is 10.5 Å². The van der Waals surface area contributed by atoms with Gasteiger partial charge in [0.05, 0.1) is 25.5 Å². The van der Waals surface area contributed by atoms with E-state index in [4.69, 9.17) is 15.9 Å². The van der Waals surface area contributed by atoms with Gasteiger partial charge >= 0.3 is 0 Å². The van der Waals surface area contributed by atoms with E-state index >= 15 is 0 Å². The van der Waals surface area contributed by atoms with Crippen molar-refractivity contribution in [2.24, 2.45) is 5.73 Å². The van der Waals surface area contributed by atoms with E-state index in [9.17, 15) is 8.42 Å². The van der Waals surface area contributed by atoms with Gasteiger partial charge in [0.2, 0.25) is 9.84 Å². The van der Waals surface area contributed by atoms with Gasteiger partial charge in [-0.05, 0) is 54.6 Å². The van der Waals surface area contributed by atoms with Crippen molar-refractivity contribution in [1.29, 1.82) is 5.41 Å². The van der Waals surface area contributed by atoms with Crippen molar-refractivity contribution in [3.05, 3.63) is 59.5 Å². The summed E-state index contributed by atoms with van der Waals surface area (Å²) in [6.07, 6.45) is 1.81. The summed E-state index contributed by atoms with van der Waals surface area (Å²) in [4.78, 5) is 0.853. The summed E-state index contributed by atoms with van der Waals surface area (Å²) < 4.78 is 32.5. The van der Waals surface area contributed by atoms with Crippen molar-refractivity contribution in [2.75, 3.05) is 12.9 Å². The number of ether oxygens (including phenoxy) is 1. The summed E-state index contributed by atoms with van der Waals surface area (Å²) in [7, 11) is -3.73. The maximum Gasteiger partial charge on any atom is 0.208 e. The van der Waals surface area contributed by atoms with Gasteiger partial charge in [0.1, 0.15) is 11.6 Å². The summed E-state index contributed by atoms with van der Waals surface area (Å²) in [6.45, 7) is 2.51. The van der Waals surface area contributed by atoms with Gasteiger partial charge in [-0.1, -0.05) is 24.3 Å². The summed E-state index contributed by atoms with van der Waals surface area (Å²) >= 11 is 2.55. The molecule has 3 rings (SSSR count). The minimum absolute atomic E-state index is 0.134. The SMILES string of the molecule is CCOc1ccc(-c2cccc(S(=O)(=O)c3cc(C(=N)N)sc3SC)c2)cc1. The summed E-state index contributed by atoms with van der Waals surface area (Å²) in [6, 6.07) is 15.9. The van der Waals surface area contributed by atoms with Crippen LogP contribution >= 0.6 is 23.1 Å². The van der Waals surface area contributed by atoms with E-state index in [0.717, 1.165) is 16.9 Å². The molecule has 28 heavy (non-hydrogen) atoms. The first-order chi connectivity index (χ1) is 13.4. The number of nitrogens with one attached hydrogen (secondary N) is 1. The van der Waals surface area contributed by atoms with Gasteiger partial charge in [-0.3, -0.25) is 5.41 Å². The molecule has 0 unspecified atom stereocenters. The number of amidine groups is 1. The molecular weight excluding hydrogens is 412 g/mol. The minimum Gasteiger partial charge on any atom is -0.494 e. The molecule has 3 N–H and O–H groups in total. The van der Waals surface area contributed by atoms with E-state index in [2.05, 4.69) is 0 Å². The summed E-state index contributed by atoms with van der Waals surface area (Å²) in [5, 5.41) is 7.60. The van der Waals surface area contributed by atoms with Gasteiger partial charge in [0.15, 0.2) is 0 Å². The van der Waals surface area contributed by atoms with E-state index < -0.39 is 9.84 Å². The van der Waals surface area contributed by atoms with Crippen molar-refractivity contribution < 1.29 is 13.2 Å². The van der Waals surface area contributed by atoms with Crippen LogP contribution in [0.3, 0.4) is 0 Å². The molecule has 2 aromatic carbocycles. The molecule has 0 aliphatic heterocycles. The van der Waals surface area contributed by atoms with Crippen LogP contribution in [0, 0.1) is 5.41 Å². The molecule has 0 aliphatic carbocycles. The van der Waals surface area contributed by atoms with E-state index in [1.165, 1.54) is 29.2 Å². The maximum atomic E-state index is 13.2. The van der Waals surface area contributed by atoms with Gasteiger partial charge in [-0.25, -0.2) is 8.42 Å². The molecule has 0 saturated heterocycles. The second-order valence-corrected chi connectivity index (χ2v) is 9.91. The molecule has 0 fully saturated rings. The largest absolute Gasteiger partial charge is 0.494 e. The van der Waals surface area contributed by atoms with Gasteiger partial charge in [0, 0.05) is 0 Å². The predicted octanol–water partition coefficient (Wildman–Crippen LogP) is 4.65. The molecule has 0 atom stereocenters. The topological polar surface area (TPSA) is 93.2 Å². The zero-order valence-corrected chi connectivity index (χ0v) is 17.9. The molecule has 0 aliphatic rings. The number of hydrogen-bond acceptors (Lipinski definition) is 6. The Morgan fingerprint density at radius 2 is 1.86 bits per heavy atom. The van der Waals surface area contributed by atoms with Gasteiger partial charge in [-0.2, -0.15) is 0 Å². The number of rotatable bonds is 7. The highest BCUT2D eigenvalue weighted by molar-refractivity contribution is 8.01. The Bertz CT molecular complexity index is 1100. The lowest BCUT2D eigenvalue weighted by atomic mass is 10.1. The molecule has 146 valence electrons. The first kappa shape index (κ1) is 20.4. The second kappa shape index (κ2) is 8.38. The van der Waals surface area contributed by atoms with Gasteiger partial charge in [-0.15, -0.1) is 23.1 Å². The number of thioether (sulfide) groups is 1. The lowest BCUT2D eigenvalue weighted by molar-refractivity contribution is 0.340. The summed E-state index contributed by atoms with van der Waals surface area (Å²) in [5.74, 6) is 0.638. The lowest BCUT2D eigenvalue weighted by Crippen LogP contribution is -2.08. The first-order valence-corrected chi connectivity index (χ1v) is 12.0. The number of nitrogens with two attached hydrogens (primary N) is 1. The second-order valence-electron chi connectivity index (χ2n) is 5.87. The predicted molar refractivity (Wildman–Crippen MR) is 116 cm³/mol. The van der Waals surface area contributed by atoms with Crippen LogP contribution in [-0.4, -0.2) is 27.1 Å². The highest BCUT2D eigenvalue weighted by atomic mass is 32.2. The quantitative estimate of drug-likeness (QED) is 0.322. The number of sulfone groups is 1. The summed E-state index contributed by atoms with van der Waals surface area (Å²) in [5.41, 5.74) is 7.25. The average Bonchev–Trinajstić information content (AvgIpc) is 3.15. The van der Waals surface area contributed by atoms with Crippen molar-refractivity contribution in [2.45, 2.75) is 20.9 Å². The van der Waals surface area contributed by atoms with Crippen molar-refractivity contribution in [3.63, 3.8) is 0 Å². The third kappa shape index (κ3) is 4.09. The Morgan fingerprint density at radius 3 is 2.46 bits per heavy atom. The third-order valence-corrected chi connectivity index (χ3v) is 8.39. The minimum atomic E-state index is -3.73. The highest BCUT2D eigenvalue weighted by Gasteiger charge is 2.25. The molecule has 5 nitrogen and oxygen atoms in total. The van der Waals surface area contributed by atoms with Gasteiger partial charge in [0.25, 0.3) is 0 Å². The van der Waals surface area contributed by atoms with Crippen LogP contribution in [0.2, 0.25) is 0 Å². The Kier molecular flexibility index (Phi) is 6.12. The van der Waals surface area contributed by atoms with Crippen LogP contribution in [0.25, 0.3) is 11.1 Å². The highest BCUT2D eigenvalue weighted by Crippen LogP contribution is 2.37. The van der Waals surface area contributed by atoms with Crippen molar-refractivity contribution >= 4 is 38.8 Å². The van der Waals surface area contributed by atoms with E-state index in [1.807, 2.05) is 43.5 Å². The molecule has 1 aromatic heterocycles. The Balaban J connectivity index is 2.02. The van der Waals surface area contributed by atoms with Crippen molar-refractivity contribution in [3.8, 4) is 16.9 Å². The fourth-order valence-corrected chi connectivity index (χ4v) is 6.60. The van der Waals surface area contributed by atoms with Crippen LogP contribution in [0.4, 0.5) is 0 Å². The number of hydrogen-bond donors (Lipinski definition) is 2. The lowest BCUT2D eigenvalue weighted by Gasteiger charge is -2.08. The van der Waals surface area contributed by atoms with Crippen molar-refractivity contribution in [1.82, 2.24) is 0 Å². The molecule has 0 amide bonds. The zero-order chi connectivity index (χ0) is 20.3. The fraction of sp³-hybridized carbons (Fsp3) is 0.150. The van der Waals surface area contributed by atoms with Gasteiger partial charge < -0.3 is 10.5 Å². The Hall–Kier alpha value is -2.29. The number of benzene rings is 2. The fourth-order valence-electron chi connectivity index (χ4n) is 2.70. The molecule has 0 spiro atoms. The normalized spacial score (nSPS) is 11.4. The van der Waals surface area contributed by atoms with Crippen LogP contribution in [-0.2, 0) is 9.84 Å². The molecule has 8 heteroatoms. The first-order valence-electron chi connectivity index (χ1n) is 8.47. The Labute approximate surface area is 173 Å². The van der Waals surface area contributed by atoms with E-state index in [0.29, 0.717) is 15.7 Å². The van der Waals surface area contributed by atoms with Crippen LogP contribution in [0.15, 0.2) is 68.6 Å². The van der Waals surface area contributed by atoms with Crippen LogP contribution in [0.5, 0.6) is 5.75 Å². The zero-order valence-electron chi connectivity index (χ0n) is 15.4. The van der Waals surface area contributed by atoms with E-state index in [-0.39, 0.29) is 15.6 Å². The average molecular weight is 433 g/mol. The van der Waals surface area contributed by atoms with Crippen LogP contribution in [0.1, 0.15) is 11.8 Å². The molecule has 1 heterocycles. The number of nitrogen functional groups attached to an aromatic ring is 1. The van der Waals surface area contributed by atoms with E-state index in [1.54, 1.807) is 18.2 Å². The standard InChI is InChI=1S/C20H20N2O3S3/c1-3-25-15-9-7-13(8-10-15)14-5-4-6-16(11-14)28(23,24)18-12-17(19(21)22)27-20(18)26-2/h4-12H,3H2,1-2H3,(H3,21,22). The number of thiophene rings is 1. The molecular formula is C20H20N2O3S3. The maximum absolute atomic E-state index is 13.2. The monoisotopic (exact) mass is 432 g/mol. The molecule has 0 saturated carbocycles. The molecule has 3 aromatic rings. The molecule has 0 radical (unpaired) electrons.